The Kier molecular flexibility index (Phi) is 8.51. The highest BCUT2D eigenvalue weighted by molar-refractivity contribution is 6.25. The van der Waals surface area contributed by atoms with Gasteiger partial charge in [-0.1, -0.05) is 56.3 Å². The van der Waals surface area contributed by atoms with Crippen molar-refractivity contribution in [2.24, 2.45) is 0 Å². The average Bonchev–Trinajstić information content (AvgIpc) is 2.72. The molecule has 1 aliphatic rings. The predicted molar refractivity (Wildman–Crippen MR) is 112 cm³/mol. The second-order valence-electron chi connectivity index (χ2n) is 6.96. The summed E-state index contributed by atoms with van der Waals surface area (Å²) in [4.78, 5) is 25.0. The lowest BCUT2D eigenvalue weighted by atomic mass is 9.87. The van der Waals surface area contributed by atoms with Crippen molar-refractivity contribution in [3.8, 4) is 0 Å². The number of carbonyl (C=O) groups is 2. The third-order valence-corrected chi connectivity index (χ3v) is 5.13. The SMILES string of the molecule is CCc1cccc2c1CCC(=O)C2.CCc1ccccc1CCC(=O)C=[N+]=[N-]. The number of ketones is 2. The highest BCUT2D eigenvalue weighted by Gasteiger charge is 2.16. The van der Waals surface area contributed by atoms with Crippen molar-refractivity contribution in [2.75, 3.05) is 0 Å². The summed E-state index contributed by atoms with van der Waals surface area (Å²) in [5.74, 6) is 0.240. The summed E-state index contributed by atoms with van der Waals surface area (Å²) in [6.45, 7) is 4.27. The Bertz CT molecular complexity index is 880. The molecule has 4 nitrogen and oxygen atoms in total. The minimum atomic E-state index is -0.150. The zero-order valence-electron chi connectivity index (χ0n) is 16.8. The summed E-state index contributed by atoms with van der Waals surface area (Å²) in [5, 5.41) is 0. The fraction of sp³-hybridized carbons (Fsp3) is 0.375. The monoisotopic (exact) mass is 376 g/mol. The summed E-state index contributed by atoms with van der Waals surface area (Å²) in [7, 11) is 0. The first kappa shape index (κ1) is 21.5. The van der Waals surface area contributed by atoms with Crippen LogP contribution in [0.25, 0.3) is 5.53 Å². The summed E-state index contributed by atoms with van der Waals surface area (Å²) >= 11 is 0. The van der Waals surface area contributed by atoms with Crippen LogP contribution in [0.2, 0.25) is 0 Å². The van der Waals surface area contributed by atoms with Gasteiger partial charge in [-0.15, -0.1) is 0 Å². The largest absolute Gasteiger partial charge is 0.361 e. The third kappa shape index (κ3) is 6.11. The second-order valence-corrected chi connectivity index (χ2v) is 6.96. The minimum Gasteiger partial charge on any atom is -0.361 e. The molecule has 0 unspecified atom stereocenters. The first-order valence-corrected chi connectivity index (χ1v) is 9.97. The average molecular weight is 377 g/mol. The van der Waals surface area contributed by atoms with Gasteiger partial charge < -0.3 is 5.53 Å². The molecule has 0 spiro atoms. The molecule has 0 atom stereocenters. The van der Waals surface area contributed by atoms with Crippen LogP contribution >= 0.6 is 0 Å². The molecule has 3 rings (SSSR count). The van der Waals surface area contributed by atoms with Gasteiger partial charge in [0, 0.05) is 19.3 Å². The molecular weight excluding hydrogens is 348 g/mol. The van der Waals surface area contributed by atoms with Gasteiger partial charge in [0.05, 0.1) is 0 Å². The summed E-state index contributed by atoms with van der Waals surface area (Å²) in [5.41, 5.74) is 14.8. The lowest BCUT2D eigenvalue weighted by Gasteiger charge is -2.17. The van der Waals surface area contributed by atoms with Gasteiger partial charge in [0.25, 0.3) is 0 Å². The molecule has 2 aromatic carbocycles. The van der Waals surface area contributed by atoms with E-state index in [0.29, 0.717) is 25.0 Å². The molecule has 2 aromatic rings. The van der Waals surface area contributed by atoms with Crippen LogP contribution in [0.15, 0.2) is 42.5 Å². The number of nitrogens with zero attached hydrogens (tertiary/aromatic N) is 2. The third-order valence-electron chi connectivity index (χ3n) is 5.13. The van der Waals surface area contributed by atoms with Crippen molar-refractivity contribution in [1.82, 2.24) is 0 Å². The van der Waals surface area contributed by atoms with E-state index in [2.05, 4.69) is 42.9 Å². The van der Waals surface area contributed by atoms with Crippen LogP contribution in [-0.4, -0.2) is 22.6 Å². The second kappa shape index (κ2) is 11.1. The predicted octanol–water partition coefficient (Wildman–Crippen LogP) is 4.36. The molecule has 146 valence electrons. The highest BCUT2D eigenvalue weighted by atomic mass is 16.1. The van der Waals surface area contributed by atoms with Crippen molar-refractivity contribution in [1.29, 1.82) is 0 Å². The highest BCUT2D eigenvalue weighted by Crippen LogP contribution is 2.23. The first-order valence-electron chi connectivity index (χ1n) is 9.97. The lowest BCUT2D eigenvalue weighted by Crippen LogP contribution is -2.14. The normalized spacial score (nSPS) is 12.3. The zero-order valence-corrected chi connectivity index (χ0v) is 16.8. The van der Waals surface area contributed by atoms with Gasteiger partial charge in [-0.2, -0.15) is 4.79 Å². The maximum Gasteiger partial charge on any atom is 0.323 e. The number of fused-ring (bicyclic) bond motifs is 1. The number of benzene rings is 2. The Morgan fingerprint density at radius 2 is 1.68 bits per heavy atom. The molecule has 28 heavy (non-hydrogen) atoms. The number of hydrogen-bond acceptors (Lipinski definition) is 2. The molecular formula is C24H28N2O2. The van der Waals surface area contributed by atoms with E-state index in [1.165, 1.54) is 27.8 Å². The fourth-order valence-corrected chi connectivity index (χ4v) is 3.60. The maximum atomic E-state index is 11.2. The van der Waals surface area contributed by atoms with Gasteiger partial charge in [0.15, 0.2) is 0 Å². The van der Waals surface area contributed by atoms with E-state index in [-0.39, 0.29) is 5.78 Å². The number of carbonyl (C=O) groups excluding carboxylic acids is 2. The van der Waals surface area contributed by atoms with E-state index >= 15 is 0 Å². The van der Waals surface area contributed by atoms with Gasteiger partial charge in [0.2, 0.25) is 5.78 Å². The van der Waals surface area contributed by atoms with Crippen molar-refractivity contribution in [2.45, 2.75) is 58.8 Å². The quantitative estimate of drug-likeness (QED) is 0.427. The van der Waals surface area contributed by atoms with Crippen LogP contribution in [0.3, 0.4) is 0 Å². The number of rotatable bonds is 6. The Hall–Kier alpha value is -2.84. The van der Waals surface area contributed by atoms with Crippen LogP contribution < -0.4 is 0 Å². The summed E-state index contributed by atoms with van der Waals surface area (Å²) in [6.07, 6.45) is 6.45. The molecule has 0 radical (unpaired) electrons. The van der Waals surface area contributed by atoms with Crippen LogP contribution in [0.5, 0.6) is 0 Å². The molecule has 0 bridgehead atoms. The number of Topliss-reactive ketones (excluding diaryl/α,β-unsaturated/α-hetero) is 2. The van der Waals surface area contributed by atoms with E-state index < -0.39 is 0 Å². The smallest absolute Gasteiger partial charge is 0.323 e. The van der Waals surface area contributed by atoms with E-state index in [4.69, 9.17) is 5.53 Å². The molecule has 0 saturated heterocycles. The van der Waals surface area contributed by atoms with Crippen LogP contribution in [0.4, 0.5) is 0 Å². The summed E-state index contributed by atoms with van der Waals surface area (Å²) < 4.78 is 0. The Balaban J connectivity index is 0.000000202. The van der Waals surface area contributed by atoms with Gasteiger partial charge in [-0.25, -0.2) is 0 Å². The van der Waals surface area contributed by atoms with Crippen LogP contribution in [0, 0.1) is 0 Å². The number of hydrogen-bond donors (Lipinski definition) is 0. The first-order chi connectivity index (χ1) is 13.6. The minimum absolute atomic E-state index is 0.150. The standard InChI is InChI=1S/C12H14N2O.C12H14O/c1-2-10-5-3-4-6-11(10)7-8-12(15)9-14-13;1-2-9-4-3-5-10-8-11(13)6-7-12(9)10/h3-6,9H,2,7-8H2,1H3;3-5H,2,6-8H2,1H3. The van der Waals surface area contributed by atoms with Crippen molar-refractivity contribution >= 4 is 17.8 Å². The number of aryl methyl sites for hydroxylation is 3. The van der Waals surface area contributed by atoms with Crippen molar-refractivity contribution in [3.63, 3.8) is 0 Å². The van der Waals surface area contributed by atoms with Crippen molar-refractivity contribution in [3.05, 3.63) is 75.8 Å². The fourth-order valence-electron chi connectivity index (χ4n) is 3.60. The lowest BCUT2D eigenvalue weighted by molar-refractivity contribution is -0.118. The van der Waals surface area contributed by atoms with Gasteiger partial charge in [-0.3, -0.25) is 9.59 Å². The molecule has 0 saturated carbocycles. The molecule has 0 heterocycles. The van der Waals surface area contributed by atoms with Gasteiger partial charge >= 0.3 is 6.21 Å². The van der Waals surface area contributed by atoms with Crippen LogP contribution in [0.1, 0.15) is 54.5 Å². The van der Waals surface area contributed by atoms with E-state index in [1.807, 2.05) is 18.2 Å². The van der Waals surface area contributed by atoms with E-state index in [0.717, 1.165) is 31.9 Å². The van der Waals surface area contributed by atoms with E-state index in [9.17, 15) is 9.59 Å². The topological polar surface area (TPSA) is 70.5 Å². The Labute approximate surface area is 167 Å². The molecule has 0 fully saturated rings. The Morgan fingerprint density at radius 1 is 1.00 bits per heavy atom. The molecule has 4 heteroatoms. The van der Waals surface area contributed by atoms with E-state index in [1.54, 1.807) is 0 Å². The van der Waals surface area contributed by atoms with Crippen LogP contribution in [-0.2, 0) is 41.7 Å². The molecule has 0 aliphatic heterocycles. The van der Waals surface area contributed by atoms with Crippen molar-refractivity contribution < 1.29 is 14.4 Å². The molecule has 1 aliphatic carbocycles. The Morgan fingerprint density at radius 3 is 2.36 bits per heavy atom. The maximum absolute atomic E-state index is 11.2. The summed E-state index contributed by atoms with van der Waals surface area (Å²) in [6, 6.07) is 14.4. The molecule has 0 N–H and O–H groups in total. The zero-order chi connectivity index (χ0) is 20.4. The molecule has 0 amide bonds. The van der Waals surface area contributed by atoms with Gasteiger partial charge in [-0.05, 0) is 53.5 Å². The van der Waals surface area contributed by atoms with Gasteiger partial charge in [0.1, 0.15) is 5.78 Å². The molecule has 0 aromatic heterocycles.